The molecule has 0 aliphatic carbocycles. The molecule has 0 atom stereocenters. The molecule has 1 aliphatic rings. The minimum Gasteiger partial charge on any atom is -0.497 e. The van der Waals surface area contributed by atoms with Crippen LogP contribution in [0.15, 0.2) is 66.4 Å². The summed E-state index contributed by atoms with van der Waals surface area (Å²) in [4.78, 5) is 28.3. The van der Waals surface area contributed by atoms with E-state index in [0.717, 1.165) is 16.0 Å². The highest BCUT2D eigenvalue weighted by atomic mass is 19.1. The molecular formula is C26H23FN2O4. The molecule has 1 aliphatic heterocycles. The van der Waals surface area contributed by atoms with E-state index in [1.165, 1.54) is 38.5 Å². The number of methoxy groups -OCH3 is 2. The first kappa shape index (κ1) is 22.1. The van der Waals surface area contributed by atoms with Crippen LogP contribution in [0.1, 0.15) is 16.7 Å². The third-order valence-corrected chi connectivity index (χ3v) is 5.71. The molecule has 0 saturated carbocycles. The number of carbonyl (C=O) groups is 2. The van der Waals surface area contributed by atoms with E-state index >= 15 is 0 Å². The lowest BCUT2D eigenvalue weighted by Crippen LogP contribution is -2.32. The predicted octanol–water partition coefficient (Wildman–Crippen LogP) is 4.86. The molecule has 3 aromatic rings. The van der Waals surface area contributed by atoms with Gasteiger partial charge in [-0.2, -0.15) is 0 Å². The van der Waals surface area contributed by atoms with Gasteiger partial charge in [0.1, 0.15) is 23.0 Å². The number of hydrogen-bond acceptors (Lipinski definition) is 5. The van der Waals surface area contributed by atoms with Crippen molar-refractivity contribution in [1.82, 2.24) is 0 Å². The summed E-state index contributed by atoms with van der Waals surface area (Å²) in [6.07, 6.45) is 0. The monoisotopic (exact) mass is 446 g/mol. The van der Waals surface area contributed by atoms with Crippen molar-refractivity contribution in [2.75, 3.05) is 24.4 Å². The predicted molar refractivity (Wildman–Crippen MR) is 125 cm³/mol. The number of imide groups is 1. The summed E-state index contributed by atoms with van der Waals surface area (Å²) in [6.45, 7) is 3.90. The van der Waals surface area contributed by atoms with Crippen molar-refractivity contribution in [2.24, 2.45) is 0 Å². The molecule has 6 nitrogen and oxygen atoms in total. The summed E-state index contributed by atoms with van der Waals surface area (Å²) in [5.41, 5.74) is 3.66. The second-order valence-corrected chi connectivity index (χ2v) is 7.61. The van der Waals surface area contributed by atoms with Crippen LogP contribution in [-0.4, -0.2) is 26.0 Å². The summed E-state index contributed by atoms with van der Waals surface area (Å²) < 4.78 is 24.2. The van der Waals surface area contributed by atoms with Gasteiger partial charge in [-0.05, 0) is 60.9 Å². The van der Waals surface area contributed by atoms with Crippen LogP contribution in [0.4, 0.5) is 15.8 Å². The first-order chi connectivity index (χ1) is 15.8. The molecule has 0 aromatic heterocycles. The van der Waals surface area contributed by atoms with E-state index in [1.54, 1.807) is 18.2 Å². The van der Waals surface area contributed by atoms with Gasteiger partial charge in [0.05, 0.1) is 25.5 Å². The maximum absolute atomic E-state index is 13.6. The fourth-order valence-corrected chi connectivity index (χ4v) is 3.74. The molecule has 0 bridgehead atoms. The van der Waals surface area contributed by atoms with Gasteiger partial charge in [-0.25, -0.2) is 9.29 Å². The quantitative estimate of drug-likeness (QED) is 0.548. The molecule has 2 amide bonds. The number of halogens is 1. The van der Waals surface area contributed by atoms with Gasteiger partial charge < -0.3 is 14.8 Å². The number of carbonyl (C=O) groups excluding carboxylic acids is 2. The highest BCUT2D eigenvalue weighted by Gasteiger charge is 2.41. The Morgan fingerprint density at radius 2 is 1.61 bits per heavy atom. The van der Waals surface area contributed by atoms with Crippen LogP contribution >= 0.6 is 0 Å². The first-order valence-electron chi connectivity index (χ1n) is 10.3. The number of benzene rings is 3. The van der Waals surface area contributed by atoms with Crippen LogP contribution in [-0.2, 0) is 9.59 Å². The lowest BCUT2D eigenvalue weighted by molar-refractivity contribution is -0.120. The Balaban J connectivity index is 1.86. The molecular weight excluding hydrogens is 423 g/mol. The Hall–Kier alpha value is -4.13. The number of ether oxygens (including phenoxy) is 2. The van der Waals surface area contributed by atoms with Crippen molar-refractivity contribution < 1.29 is 23.5 Å². The van der Waals surface area contributed by atoms with Crippen LogP contribution in [0, 0.1) is 19.7 Å². The topological polar surface area (TPSA) is 67.9 Å². The summed E-state index contributed by atoms with van der Waals surface area (Å²) in [7, 11) is 2.97. The standard InChI is InChI=1S/C26H23FN2O4/c1-15-6-5-7-20(16(15)2)28-24-23(17-8-10-18(27)11-9-17)25(30)29(26(24)31)21-13-12-19(32-3)14-22(21)33-4/h5-14,28H,1-4H3. The van der Waals surface area contributed by atoms with Gasteiger partial charge in [0.2, 0.25) is 0 Å². The number of hydrogen-bond donors (Lipinski definition) is 1. The molecule has 0 saturated heterocycles. The first-order valence-corrected chi connectivity index (χ1v) is 10.3. The second kappa shape index (κ2) is 8.78. The van der Waals surface area contributed by atoms with E-state index in [2.05, 4.69) is 5.32 Å². The van der Waals surface area contributed by atoms with Crippen molar-refractivity contribution in [3.63, 3.8) is 0 Å². The van der Waals surface area contributed by atoms with Gasteiger partial charge in [-0.3, -0.25) is 9.59 Å². The van der Waals surface area contributed by atoms with Crippen LogP contribution < -0.4 is 19.7 Å². The van der Waals surface area contributed by atoms with Crippen molar-refractivity contribution in [2.45, 2.75) is 13.8 Å². The van der Waals surface area contributed by atoms with Crippen LogP contribution in [0.2, 0.25) is 0 Å². The molecule has 0 spiro atoms. The van der Waals surface area contributed by atoms with E-state index in [0.29, 0.717) is 22.7 Å². The van der Waals surface area contributed by atoms with Gasteiger partial charge in [-0.1, -0.05) is 24.3 Å². The molecule has 168 valence electrons. The lowest BCUT2D eigenvalue weighted by atomic mass is 10.0. The van der Waals surface area contributed by atoms with Gasteiger partial charge in [0.15, 0.2) is 0 Å². The molecule has 0 fully saturated rings. The number of nitrogens with zero attached hydrogens (tertiary/aromatic N) is 1. The summed E-state index contributed by atoms with van der Waals surface area (Å²) in [6, 6.07) is 16.0. The maximum atomic E-state index is 13.6. The van der Waals surface area contributed by atoms with E-state index in [9.17, 15) is 14.0 Å². The van der Waals surface area contributed by atoms with Gasteiger partial charge >= 0.3 is 0 Å². The molecule has 0 unspecified atom stereocenters. The molecule has 33 heavy (non-hydrogen) atoms. The summed E-state index contributed by atoms with van der Waals surface area (Å²) in [5, 5.41) is 3.16. The third-order valence-electron chi connectivity index (χ3n) is 5.71. The Bertz CT molecular complexity index is 1280. The highest BCUT2D eigenvalue weighted by molar-refractivity contribution is 6.46. The van der Waals surface area contributed by atoms with Crippen molar-refractivity contribution >= 4 is 28.8 Å². The minimum absolute atomic E-state index is 0.109. The number of anilines is 2. The zero-order chi connectivity index (χ0) is 23.7. The van der Waals surface area contributed by atoms with E-state index < -0.39 is 17.6 Å². The van der Waals surface area contributed by atoms with Crippen LogP contribution in [0.3, 0.4) is 0 Å². The van der Waals surface area contributed by atoms with Crippen molar-refractivity contribution in [3.8, 4) is 11.5 Å². The summed E-state index contributed by atoms with van der Waals surface area (Å²) >= 11 is 0. The third kappa shape index (κ3) is 3.93. The van der Waals surface area contributed by atoms with E-state index in [-0.39, 0.29) is 17.0 Å². The largest absolute Gasteiger partial charge is 0.497 e. The summed E-state index contributed by atoms with van der Waals surface area (Å²) in [5.74, 6) is -0.682. The Morgan fingerprint density at radius 3 is 2.27 bits per heavy atom. The lowest BCUT2D eigenvalue weighted by Gasteiger charge is -2.19. The molecule has 1 N–H and O–H groups in total. The zero-order valence-corrected chi connectivity index (χ0v) is 18.7. The average Bonchev–Trinajstić information content (AvgIpc) is 3.06. The van der Waals surface area contributed by atoms with Crippen molar-refractivity contribution in [3.05, 3.63) is 88.9 Å². The Morgan fingerprint density at radius 1 is 0.879 bits per heavy atom. The maximum Gasteiger partial charge on any atom is 0.282 e. The smallest absolute Gasteiger partial charge is 0.282 e. The Labute approximate surface area is 191 Å². The number of nitrogens with one attached hydrogen (secondary N) is 1. The molecule has 0 radical (unpaired) electrons. The SMILES string of the molecule is COc1ccc(N2C(=O)C(Nc3cccc(C)c3C)=C(c3ccc(F)cc3)C2=O)c(OC)c1. The molecule has 3 aromatic carbocycles. The number of amides is 2. The molecule has 4 rings (SSSR count). The highest BCUT2D eigenvalue weighted by Crippen LogP contribution is 2.39. The van der Waals surface area contributed by atoms with Crippen molar-refractivity contribution in [1.29, 1.82) is 0 Å². The number of rotatable bonds is 6. The molecule has 1 heterocycles. The number of aryl methyl sites for hydroxylation is 1. The van der Waals surface area contributed by atoms with Gasteiger partial charge in [0.25, 0.3) is 11.8 Å². The van der Waals surface area contributed by atoms with Gasteiger partial charge in [0, 0.05) is 11.8 Å². The average molecular weight is 446 g/mol. The second-order valence-electron chi connectivity index (χ2n) is 7.61. The minimum atomic E-state index is -0.539. The van der Waals surface area contributed by atoms with Crippen LogP contribution in [0.5, 0.6) is 11.5 Å². The van der Waals surface area contributed by atoms with E-state index in [1.807, 2.05) is 32.0 Å². The van der Waals surface area contributed by atoms with E-state index in [4.69, 9.17) is 9.47 Å². The van der Waals surface area contributed by atoms with Gasteiger partial charge in [-0.15, -0.1) is 0 Å². The fraction of sp³-hybridized carbons (Fsp3) is 0.154. The zero-order valence-electron chi connectivity index (χ0n) is 18.7. The molecule has 7 heteroatoms. The Kier molecular flexibility index (Phi) is 5.87. The van der Waals surface area contributed by atoms with Crippen LogP contribution in [0.25, 0.3) is 5.57 Å². The fourth-order valence-electron chi connectivity index (χ4n) is 3.74. The normalized spacial score (nSPS) is 13.5.